The van der Waals surface area contributed by atoms with Crippen LogP contribution in [0.1, 0.15) is 5.56 Å². The average molecular weight is 213 g/mol. The molecular weight excluding hydrogens is 204 g/mol. The summed E-state index contributed by atoms with van der Waals surface area (Å²) in [6.07, 6.45) is 0. The smallest absolute Gasteiger partial charge is 0.155 e. The Bertz CT molecular complexity index is 231. The number of rotatable bonds is 3. The fourth-order valence-electron chi connectivity index (χ4n) is 0.736. The first-order valence-electron chi connectivity index (χ1n) is 3.30. The molecule has 1 rings (SSSR count). The summed E-state index contributed by atoms with van der Waals surface area (Å²) >= 11 is 3.12. The van der Waals surface area contributed by atoms with Crippen molar-refractivity contribution in [3.63, 3.8) is 0 Å². The van der Waals surface area contributed by atoms with Gasteiger partial charge in [-0.25, -0.2) is 0 Å². The van der Waals surface area contributed by atoms with E-state index in [0.29, 0.717) is 11.3 Å². The van der Waals surface area contributed by atoms with Crippen LogP contribution in [0.25, 0.3) is 0 Å². The summed E-state index contributed by atoms with van der Waals surface area (Å²) in [5.41, 5.74) is 1.15. The number of halogens is 1. The molecule has 0 aliphatic rings. The Morgan fingerprint density at radius 1 is 1.36 bits per heavy atom. The van der Waals surface area contributed by atoms with Crippen molar-refractivity contribution < 1.29 is 4.74 Å². The lowest BCUT2D eigenvalue weighted by molar-refractivity contribution is 0.229. The monoisotopic (exact) mass is 212 g/mol. The lowest BCUT2D eigenvalue weighted by Crippen LogP contribution is -1.86. The second-order valence-corrected chi connectivity index (χ2v) is 3.01. The van der Waals surface area contributed by atoms with Crippen molar-refractivity contribution in [3.8, 4) is 0 Å². The van der Waals surface area contributed by atoms with Crippen LogP contribution >= 0.6 is 15.9 Å². The molecule has 0 bridgehead atoms. The number of hydrogen-bond donors (Lipinski definition) is 0. The molecule has 0 N–H and O–H groups in total. The van der Waals surface area contributed by atoms with Gasteiger partial charge in [0.1, 0.15) is 6.61 Å². The Morgan fingerprint density at radius 3 is 2.55 bits per heavy atom. The van der Waals surface area contributed by atoms with E-state index >= 15 is 0 Å². The first kappa shape index (κ1) is 8.34. The standard InChI is InChI=1S/C9H9BrO/c1-8(10)11-7-9-5-3-2-4-6-9/h2-6H,1,7H2. The quantitative estimate of drug-likeness (QED) is 0.701. The minimum absolute atomic E-state index is 0.571. The summed E-state index contributed by atoms with van der Waals surface area (Å²) < 4.78 is 5.72. The van der Waals surface area contributed by atoms with Crippen molar-refractivity contribution >= 4 is 15.9 Å². The van der Waals surface area contributed by atoms with Gasteiger partial charge in [0.15, 0.2) is 4.67 Å². The first-order valence-corrected chi connectivity index (χ1v) is 4.09. The zero-order chi connectivity index (χ0) is 8.10. The Hall–Kier alpha value is -0.760. The number of hydrogen-bond acceptors (Lipinski definition) is 1. The highest BCUT2D eigenvalue weighted by Crippen LogP contribution is 2.07. The van der Waals surface area contributed by atoms with Crippen molar-refractivity contribution in [1.29, 1.82) is 0 Å². The maximum absolute atomic E-state index is 5.15. The van der Waals surface area contributed by atoms with Crippen molar-refractivity contribution in [2.24, 2.45) is 0 Å². The van der Waals surface area contributed by atoms with E-state index in [1.54, 1.807) is 0 Å². The van der Waals surface area contributed by atoms with Crippen molar-refractivity contribution in [1.82, 2.24) is 0 Å². The Kier molecular flexibility index (Phi) is 3.17. The molecule has 58 valence electrons. The molecule has 0 unspecified atom stereocenters. The third-order valence-electron chi connectivity index (χ3n) is 1.24. The Balaban J connectivity index is 2.45. The zero-order valence-electron chi connectivity index (χ0n) is 6.09. The summed E-state index contributed by atoms with van der Waals surface area (Å²) in [6.45, 7) is 4.14. The molecule has 11 heavy (non-hydrogen) atoms. The maximum atomic E-state index is 5.15. The largest absolute Gasteiger partial charge is 0.483 e. The predicted molar refractivity (Wildman–Crippen MR) is 49.3 cm³/mol. The van der Waals surface area contributed by atoms with Gasteiger partial charge in [0, 0.05) is 0 Å². The van der Waals surface area contributed by atoms with Gasteiger partial charge in [0.2, 0.25) is 0 Å². The molecule has 2 heteroatoms. The van der Waals surface area contributed by atoms with E-state index in [1.165, 1.54) is 0 Å². The number of benzene rings is 1. The molecule has 1 aromatic carbocycles. The van der Waals surface area contributed by atoms with Gasteiger partial charge in [-0.2, -0.15) is 0 Å². The molecule has 0 saturated heterocycles. The second kappa shape index (κ2) is 4.19. The van der Waals surface area contributed by atoms with Crippen molar-refractivity contribution in [2.75, 3.05) is 0 Å². The summed E-state index contributed by atoms with van der Waals surface area (Å²) in [5, 5.41) is 0. The van der Waals surface area contributed by atoms with E-state index in [0.717, 1.165) is 5.56 Å². The van der Waals surface area contributed by atoms with Crippen LogP contribution in [-0.2, 0) is 11.3 Å². The van der Waals surface area contributed by atoms with Crippen LogP contribution in [0.15, 0.2) is 41.6 Å². The first-order chi connectivity index (χ1) is 5.29. The molecule has 1 nitrogen and oxygen atoms in total. The van der Waals surface area contributed by atoms with E-state index in [4.69, 9.17) is 4.74 Å². The SMILES string of the molecule is C=C(Br)OCc1ccccc1. The highest BCUT2D eigenvalue weighted by Gasteiger charge is 1.90. The molecule has 1 aromatic rings. The summed E-state index contributed by atoms with van der Waals surface area (Å²) in [4.78, 5) is 0. The molecule has 0 fully saturated rings. The van der Waals surface area contributed by atoms with Gasteiger partial charge < -0.3 is 4.74 Å². The third kappa shape index (κ3) is 3.23. The number of ether oxygens (including phenoxy) is 1. The molecule has 0 saturated carbocycles. The van der Waals surface area contributed by atoms with Gasteiger partial charge in [-0.1, -0.05) is 30.3 Å². The van der Waals surface area contributed by atoms with Gasteiger partial charge >= 0.3 is 0 Å². The fourth-order valence-corrected chi connectivity index (χ4v) is 0.850. The zero-order valence-corrected chi connectivity index (χ0v) is 7.67. The molecule has 0 atom stereocenters. The Morgan fingerprint density at radius 2 is 2.00 bits per heavy atom. The van der Waals surface area contributed by atoms with E-state index in [1.807, 2.05) is 30.3 Å². The summed E-state index contributed by atoms with van der Waals surface area (Å²) in [6, 6.07) is 9.96. The van der Waals surface area contributed by atoms with Crippen LogP contribution < -0.4 is 0 Å². The molecular formula is C9H9BrO. The molecule has 0 spiro atoms. The van der Waals surface area contributed by atoms with E-state index < -0.39 is 0 Å². The van der Waals surface area contributed by atoms with Crippen LogP contribution in [0.4, 0.5) is 0 Å². The average Bonchev–Trinajstić information content (AvgIpc) is 2.03. The topological polar surface area (TPSA) is 9.23 Å². The second-order valence-electron chi connectivity index (χ2n) is 2.13. The minimum Gasteiger partial charge on any atom is -0.483 e. The van der Waals surface area contributed by atoms with Crippen molar-refractivity contribution in [3.05, 3.63) is 47.1 Å². The minimum atomic E-state index is 0.571. The molecule has 0 heterocycles. The van der Waals surface area contributed by atoms with Gasteiger partial charge in [0.25, 0.3) is 0 Å². The maximum Gasteiger partial charge on any atom is 0.155 e. The van der Waals surface area contributed by atoms with E-state index in [9.17, 15) is 0 Å². The van der Waals surface area contributed by atoms with Crippen LogP contribution in [0, 0.1) is 0 Å². The lowest BCUT2D eigenvalue weighted by Gasteiger charge is -2.02. The molecule has 0 radical (unpaired) electrons. The fraction of sp³-hybridized carbons (Fsp3) is 0.111. The summed E-state index contributed by atoms with van der Waals surface area (Å²) in [7, 11) is 0. The van der Waals surface area contributed by atoms with E-state index in [-0.39, 0.29) is 0 Å². The van der Waals surface area contributed by atoms with Gasteiger partial charge in [0.05, 0.1) is 0 Å². The predicted octanol–water partition coefficient (Wildman–Crippen LogP) is 3.07. The highest BCUT2D eigenvalue weighted by molar-refractivity contribution is 9.11. The van der Waals surface area contributed by atoms with Crippen LogP contribution in [-0.4, -0.2) is 0 Å². The molecule has 0 aromatic heterocycles. The van der Waals surface area contributed by atoms with Crippen LogP contribution in [0.5, 0.6) is 0 Å². The lowest BCUT2D eigenvalue weighted by atomic mass is 10.2. The molecule has 0 aliphatic heterocycles. The van der Waals surface area contributed by atoms with Crippen LogP contribution in [0.3, 0.4) is 0 Å². The molecule has 0 amide bonds. The van der Waals surface area contributed by atoms with Gasteiger partial charge in [-0.05, 0) is 28.1 Å². The van der Waals surface area contributed by atoms with Gasteiger partial charge in [-0.3, -0.25) is 0 Å². The highest BCUT2D eigenvalue weighted by atomic mass is 79.9. The summed E-state index contributed by atoms with van der Waals surface area (Å²) in [5.74, 6) is 0. The van der Waals surface area contributed by atoms with Crippen molar-refractivity contribution in [2.45, 2.75) is 6.61 Å². The third-order valence-corrected chi connectivity index (χ3v) is 1.47. The Labute approximate surface area is 74.8 Å². The van der Waals surface area contributed by atoms with Gasteiger partial charge in [-0.15, -0.1) is 0 Å². The normalized spacial score (nSPS) is 9.18. The van der Waals surface area contributed by atoms with Crippen LogP contribution in [0.2, 0.25) is 0 Å². The molecule has 0 aliphatic carbocycles. The van der Waals surface area contributed by atoms with E-state index in [2.05, 4.69) is 22.5 Å².